The zero-order valence-corrected chi connectivity index (χ0v) is 13.4. The van der Waals surface area contributed by atoms with Gasteiger partial charge in [0.05, 0.1) is 18.2 Å². The van der Waals surface area contributed by atoms with Crippen molar-refractivity contribution < 1.29 is 9.47 Å². The number of ether oxygens (including phenoxy) is 2. The normalized spacial score (nSPS) is 30.3. The Bertz CT molecular complexity index is 777. The van der Waals surface area contributed by atoms with Crippen molar-refractivity contribution in [2.75, 3.05) is 13.2 Å². The molecule has 23 heavy (non-hydrogen) atoms. The number of hydrogen-bond donors (Lipinski definition) is 2. The van der Waals surface area contributed by atoms with Crippen LogP contribution in [-0.2, 0) is 4.74 Å². The van der Waals surface area contributed by atoms with E-state index in [0.717, 1.165) is 18.2 Å². The topological polar surface area (TPSA) is 77.3 Å². The molecule has 0 radical (unpaired) electrons. The molecule has 2 fully saturated rings. The Morgan fingerprint density at radius 2 is 2.00 bits per heavy atom. The minimum atomic E-state index is -0.148. The van der Waals surface area contributed by atoms with E-state index in [-0.39, 0.29) is 17.7 Å². The summed E-state index contributed by atoms with van der Waals surface area (Å²) in [6.07, 6.45) is 3.52. The number of pyridine rings is 1. The lowest BCUT2D eigenvalue weighted by Gasteiger charge is -2.44. The second-order valence-electron chi connectivity index (χ2n) is 6.55. The van der Waals surface area contributed by atoms with Crippen molar-refractivity contribution in [3.05, 3.63) is 39.8 Å². The fourth-order valence-electron chi connectivity index (χ4n) is 3.84. The quantitative estimate of drug-likeness (QED) is 0.883. The molecule has 4 atom stereocenters. The first kappa shape index (κ1) is 15.0. The summed E-state index contributed by atoms with van der Waals surface area (Å²) < 4.78 is 11.9. The van der Waals surface area contributed by atoms with E-state index in [1.54, 1.807) is 12.3 Å². The molecular formula is C17H19ClN2O3. The van der Waals surface area contributed by atoms with Crippen LogP contribution in [0.3, 0.4) is 0 Å². The second-order valence-corrected chi connectivity index (χ2v) is 6.96. The molecule has 1 aromatic heterocycles. The molecule has 1 saturated carbocycles. The number of hydrogen-bond acceptors (Lipinski definition) is 4. The first-order valence-corrected chi connectivity index (χ1v) is 8.30. The van der Waals surface area contributed by atoms with Crippen molar-refractivity contribution in [2.45, 2.75) is 25.0 Å². The minimum absolute atomic E-state index is 0.0699. The van der Waals surface area contributed by atoms with Crippen molar-refractivity contribution in [3.63, 3.8) is 0 Å². The van der Waals surface area contributed by atoms with Gasteiger partial charge in [-0.15, -0.1) is 0 Å². The van der Waals surface area contributed by atoms with Gasteiger partial charge in [0, 0.05) is 29.5 Å². The SMILES string of the molecule is N[C@H]1C[C@H]2COC[C@@H](C1)C2Oc1cc2cc[nH]c(=O)c2cc1Cl. The summed E-state index contributed by atoms with van der Waals surface area (Å²) in [6.45, 7) is 1.36. The Morgan fingerprint density at radius 3 is 2.74 bits per heavy atom. The van der Waals surface area contributed by atoms with Gasteiger partial charge in [-0.1, -0.05) is 11.6 Å². The molecule has 2 bridgehead atoms. The molecule has 6 heteroatoms. The first-order valence-electron chi connectivity index (χ1n) is 7.93. The zero-order valence-electron chi connectivity index (χ0n) is 12.6. The molecule has 5 nitrogen and oxygen atoms in total. The largest absolute Gasteiger partial charge is 0.488 e. The fourth-order valence-corrected chi connectivity index (χ4v) is 4.05. The molecule has 1 aliphatic carbocycles. The molecule has 3 N–H and O–H groups in total. The number of nitrogens with one attached hydrogen (secondary N) is 1. The van der Waals surface area contributed by atoms with Crippen LogP contribution < -0.4 is 16.0 Å². The van der Waals surface area contributed by atoms with Gasteiger partial charge in [-0.25, -0.2) is 0 Å². The van der Waals surface area contributed by atoms with Gasteiger partial charge in [0.25, 0.3) is 5.56 Å². The minimum Gasteiger partial charge on any atom is -0.488 e. The molecule has 1 aromatic carbocycles. The van der Waals surface area contributed by atoms with Crippen molar-refractivity contribution in [2.24, 2.45) is 17.6 Å². The predicted molar refractivity (Wildman–Crippen MR) is 89.0 cm³/mol. The van der Waals surface area contributed by atoms with E-state index in [9.17, 15) is 4.79 Å². The summed E-state index contributed by atoms with van der Waals surface area (Å²) >= 11 is 6.35. The Labute approximate surface area is 138 Å². The van der Waals surface area contributed by atoms with E-state index < -0.39 is 0 Å². The third-order valence-electron chi connectivity index (χ3n) is 4.89. The van der Waals surface area contributed by atoms with Crippen LogP contribution in [-0.4, -0.2) is 30.3 Å². The smallest absolute Gasteiger partial charge is 0.255 e. The lowest BCUT2D eigenvalue weighted by molar-refractivity contribution is -0.0947. The lowest BCUT2D eigenvalue weighted by atomic mass is 9.75. The van der Waals surface area contributed by atoms with E-state index >= 15 is 0 Å². The monoisotopic (exact) mass is 334 g/mol. The van der Waals surface area contributed by atoms with E-state index in [1.165, 1.54) is 0 Å². The highest BCUT2D eigenvalue weighted by Crippen LogP contribution is 2.38. The van der Waals surface area contributed by atoms with Gasteiger partial charge in [0.15, 0.2) is 0 Å². The maximum Gasteiger partial charge on any atom is 0.255 e. The summed E-state index contributed by atoms with van der Waals surface area (Å²) in [5, 5.41) is 1.85. The first-order chi connectivity index (χ1) is 11.1. The average molecular weight is 335 g/mol. The van der Waals surface area contributed by atoms with E-state index in [4.69, 9.17) is 26.8 Å². The van der Waals surface area contributed by atoms with Gasteiger partial charge in [-0.2, -0.15) is 0 Å². The Hall–Kier alpha value is -1.56. The second kappa shape index (κ2) is 5.82. The third-order valence-corrected chi connectivity index (χ3v) is 5.19. The molecule has 2 aromatic rings. The number of H-pyrrole nitrogens is 1. The number of halogens is 1. The van der Waals surface area contributed by atoms with E-state index in [1.807, 2.05) is 12.1 Å². The Morgan fingerprint density at radius 1 is 1.26 bits per heavy atom. The van der Waals surface area contributed by atoms with Gasteiger partial charge in [-0.3, -0.25) is 4.79 Å². The standard InChI is InChI=1S/C17H19ClN2O3/c18-14-6-13-9(1-2-20-17(13)21)5-15(14)23-16-10-3-12(19)4-11(16)8-22-7-10/h1-2,5-6,10-12,16H,3-4,7-8,19H2,(H,20,21)/t10-,11+,12-,16?. The van der Waals surface area contributed by atoms with E-state index in [2.05, 4.69) is 4.98 Å². The van der Waals surface area contributed by atoms with Gasteiger partial charge in [0.2, 0.25) is 0 Å². The molecule has 2 aliphatic rings. The number of fused-ring (bicyclic) bond motifs is 3. The number of nitrogens with two attached hydrogens (primary N) is 1. The third kappa shape index (κ3) is 2.73. The highest BCUT2D eigenvalue weighted by Gasteiger charge is 2.41. The predicted octanol–water partition coefficient (Wildman–Crippen LogP) is 2.31. The van der Waals surface area contributed by atoms with Crippen molar-refractivity contribution >= 4 is 22.4 Å². The van der Waals surface area contributed by atoms with Gasteiger partial charge in [-0.05, 0) is 36.4 Å². The van der Waals surface area contributed by atoms with Crippen LogP contribution in [0.4, 0.5) is 0 Å². The molecule has 0 spiro atoms. The van der Waals surface area contributed by atoms with Crippen LogP contribution >= 0.6 is 11.6 Å². The summed E-state index contributed by atoms with van der Waals surface area (Å²) in [6, 6.07) is 5.59. The van der Waals surface area contributed by atoms with Crippen LogP contribution in [0, 0.1) is 11.8 Å². The maximum atomic E-state index is 11.8. The van der Waals surface area contributed by atoms with Crippen molar-refractivity contribution in [1.82, 2.24) is 4.98 Å². The summed E-state index contributed by atoms with van der Waals surface area (Å²) in [7, 11) is 0. The Balaban J connectivity index is 1.67. The van der Waals surface area contributed by atoms with E-state index in [0.29, 0.717) is 41.2 Å². The van der Waals surface area contributed by atoms with Crippen LogP contribution in [0.25, 0.3) is 10.8 Å². The van der Waals surface area contributed by atoms with Crippen molar-refractivity contribution in [1.29, 1.82) is 0 Å². The number of aromatic amines is 1. The molecular weight excluding hydrogens is 316 g/mol. The van der Waals surface area contributed by atoms with Crippen molar-refractivity contribution in [3.8, 4) is 5.75 Å². The number of rotatable bonds is 2. The summed E-state index contributed by atoms with van der Waals surface area (Å²) in [4.78, 5) is 14.5. The Kier molecular flexibility index (Phi) is 3.79. The molecule has 1 aliphatic heterocycles. The molecule has 122 valence electrons. The van der Waals surface area contributed by atoms with Gasteiger partial charge >= 0.3 is 0 Å². The highest BCUT2D eigenvalue weighted by atomic mass is 35.5. The summed E-state index contributed by atoms with van der Waals surface area (Å²) in [5.41, 5.74) is 5.98. The number of aromatic nitrogens is 1. The number of benzene rings is 1. The van der Waals surface area contributed by atoms with Gasteiger partial charge in [0.1, 0.15) is 11.9 Å². The maximum absolute atomic E-state index is 11.8. The average Bonchev–Trinajstić information content (AvgIpc) is 2.50. The molecule has 1 saturated heterocycles. The molecule has 2 heterocycles. The van der Waals surface area contributed by atoms with Crippen LogP contribution in [0.1, 0.15) is 12.8 Å². The highest BCUT2D eigenvalue weighted by molar-refractivity contribution is 6.32. The molecule has 0 amide bonds. The van der Waals surface area contributed by atoms with Gasteiger partial charge < -0.3 is 20.2 Å². The van der Waals surface area contributed by atoms with Crippen LogP contribution in [0.5, 0.6) is 5.75 Å². The van der Waals surface area contributed by atoms with Crippen LogP contribution in [0.15, 0.2) is 29.2 Å². The molecule has 4 rings (SSSR count). The lowest BCUT2D eigenvalue weighted by Crippen LogP contribution is -2.52. The summed E-state index contributed by atoms with van der Waals surface area (Å²) in [5.74, 6) is 1.22. The fraction of sp³-hybridized carbons (Fsp3) is 0.471. The zero-order chi connectivity index (χ0) is 16.0. The van der Waals surface area contributed by atoms with Crippen LogP contribution in [0.2, 0.25) is 5.02 Å². The molecule has 1 unspecified atom stereocenters.